The van der Waals surface area contributed by atoms with Crippen LogP contribution >= 0.6 is 0 Å². The summed E-state index contributed by atoms with van der Waals surface area (Å²) in [5.41, 5.74) is 0.852. The summed E-state index contributed by atoms with van der Waals surface area (Å²) in [4.78, 5) is 0. The van der Waals surface area contributed by atoms with Crippen LogP contribution in [0.1, 0.15) is 24.8 Å². The molecule has 1 aromatic carbocycles. The average molecular weight is 251 g/mol. The highest BCUT2D eigenvalue weighted by Gasteiger charge is 2.13. The second-order valence-corrected chi connectivity index (χ2v) is 4.59. The fraction of sp³-hybridized carbons (Fsp3) is 0.571. The largest absolute Gasteiger partial charge is 0.504 e. The van der Waals surface area contributed by atoms with E-state index in [1.54, 1.807) is 13.2 Å². The third kappa shape index (κ3) is 3.37. The van der Waals surface area contributed by atoms with Crippen molar-refractivity contribution in [1.29, 1.82) is 0 Å². The van der Waals surface area contributed by atoms with Crippen LogP contribution in [0.4, 0.5) is 0 Å². The van der Waals surface area contributed by atoms with Crippen molar-refractivity contribution in [2.75, 3.05) is 20.3 Å². The van der Waals surface area contributed by atoms with Gasteiger partial charge in [0.05, 0.1) is 13.2 Å². The molecule has 0 saturated carbocycles. The zero-order valence-electron chi connectivity index (χ0n) is 10.8. The van der Waals surface area contributed by atoms with E-state index in [-0.39, 0.29) is 5.75 Å². The molecule has 1 saturated heterocycles. The zero-order valence-corrected chi connectivity index (χ0v) is 10.8. The van der Waals surface area contributed by atoms with Crippen molar-refractivity contribution < 1.29 is 14.6 Å². The molecule has 1 heterocycles. The Morgan fingerprint density at radius 1 is 1.44 bits per heavy atom. The maximum atomic E-state index is 9.93. The summed E-state index contributed by atoms with van der Waals surface area (Å²) in [6.45, 7) is 2.33. The number of hydrogen-bond acceptors (Lipinski definition) is 4. The van der Waals surface area contributed by atoms with Gasteiger partial charge < -0.3 is 19.9 Å². The average Bonchev–Trinajstić information content (AvgIpc) is 2.42. The first-order chi connectivity index (χ1) is 8.81. The van der Waals surface area contributed by atoms with Crippen LogP contribution in [-0.2, 0) is 11.3 Å². The van der Waals surface area contributed by atoms with Crippen molar-refractivity contribution in [1.82, 2.24) is 5.32 Å². The lowest BCUT2D eigenvalue weighted by molar-refractivity contribution is 0.0167. The highest BCUT2D eigenvalue weighted by molar-refractivity contribution is 5.45. The lowest BCUT2D eigenvalue weighted by Gasteiger charge is -2.23. The molecule has 18 heavy (non-hydrogen) atoms. The lowest BCUT2D eigenvalue weighted by Crippen LogP contribution is -2.31. The van der Waals surface area contributed by atoms with Gasteiger partial charge in [-0.05, 0) is 25.3 Å². The number of nitrogens with one attached hydrogen (secondary N) is 1. The molecule has 0 spiro atoms. The minimum Gasteiger partial charge on any atom is -0.504 e. The van der Waals surface area contributed by atoms with E-state index in [1.807, 2.05) is 12.1 Å². The maximum Gasteiger partial charge on any atom is 0.162 e. The fourth-order valence-electron chi connectivity index (χ4n) is 2.21. The number of hydrogen-bond donors (Lipinski definition) is 2. The topological polar surface area (TPSA) is 50.7 Å². The summed E-state index contributed by atoms with van der Waals surface area (Å²) in [6, 6.07) is 5.53. The molecule has 100 valence electrons. The molecular weight excluding hydrogens is 230 g/mol. The monoisotopic (exact) mass is 251 g/mol. The number of phenols is 1. The number of ether oxygens (including phenoxy) is 2. The van der Waals surface area contributed by atoms with Gasteiger partial charge in [0.1, 0.15) is 0 Å². The third-order valence-electron chi connectivity index (χ3n) is 3.26. The predicted molar refractivity (Wildman–Crippen MR) is 70.0 cm³/mol. The van der Waals surface area contributed by atoms with Gasteiger partial charge in [-0.1, -0.05) is 12.1 Å². The van der Waals surface area contributed by atoms with Gasteiger partial charge >= 0.3 is 0 Å². The Labute approximate surface area is 108 Å². The normalized spacial score (nSPS) is 19.7. The summed E-state index contributed by atoms with van der Waals surface area (Å²) >= 11 is 0. The molecule has 1 fully saturated rings. The molecular formula is C14H21NO3. The Kier molecular flexibility index (Phi) is 4.84. The van der Waals surface area contributed by atoms with Gasteiger partial charge in [-0.2, -0.15) is 0 Å². The van der Waals surface area contributed by atoms with E-state index in [0.29, 0.717) is 18.4 Å². The summed E-state index contributed by atoms with van der Waals surface area (Å²) in [7, 11) is 1.56. The minimum atomic E-state index is 0.220. The van der Waals surface area contributed by atoms with E-state index in [4.69, 9.17) is 9.47 Å². The molecule has 0 aromatic heterocycles. The molecule has 0 bridgehead atoms. The third-order valence-corrected chi connectivity index (χ3v) is 3.26. The van der Waals surface area contributed by atoms with Crippen LogP contribution in [0.5, 0.6) is 11.5 Å². The lowest BCUT2D eigenvalue weighted by atomic mass is 10.1. The summed E-state index contributed by atoms with van der Waals surface area (Å²) < 4.78 is 10.7. The van der Waals surface area contributed by atoms with Gasteiger partial charge in [0.25, 0.3) is 0 Å². The number of para-hydroxylation sites is 1. The Morgan fingerprint density at radius 3 is 3.06 bits per heavy atom. The molecule has 1 aliphatic heterocycles. The number of phenolic OH excluding ortho intramolecular Hbond substituents is 1. The molecule has 4 heteroatoms. The molecule has 1 aromatic rings. The number of methoxy groups -OCH3 is 1. The van der Waals surface area contributed by atoms with Crippen molar-refractivity contribution in [2.45, 2.75) is 31.9 Å². The van der Waals surface area contributed by atoms with Crippen molar-refractivity contribution >= 4 is 0 Å². The van der Waals surface area contributed by atoms with E-state index in [1.165, 1.54) is 12.8 Å². The van der Waals surface area contributed by atoms with Crippen LogP contribution in [0.25, 0.3) is 0 Å². The molecule has 1 aliphatic rings. The molecule has 1 unspecified atom stereocenters. The van der Waals surface area contributed by atoms with Gasteiger partial charge in [-0.15, -0.1) is 0 Å². The minimum absolute atomic E-state index is 0.220. The van der Waals surface area contributed by atoms with Gasteiger partial charge in [0.15, 0.2) is 11.5 Å². The van der Waals surface area contributed by atoms with Crippen molar-refractivity contribution in [3.8, 4) is 11.5 Å². The van der Waals surface area contributed by atoms with E-state index in [9.17, 15) is 5.11 Å². The predicted octanol–water partition coefficient (Wildman–Crippen LogP) is 2.06. The van der Waals surface area contributed by atoms with E-state index < -0.39 is 0 Å². The molecule has 2 rings (SSSR count). The summed E-state index contributed by atoms with van der Waals surface area (Å²) in [6.07, 6.45) is 3.85. The van der Waals surface area contributed by atoms with Gasteiger partial charge in [-0.3, -0.25) is 0 Å². The molecule has 0 radical (unpaired) electrons. The molecule has 0 amide bonds. The van der Waals surface area contributed by atoms with Gasteiger partial charge in [0, 0.05) is 25.3 Å². The molecule has 0 aliphatic carbocycles. The van der Waals surface area contributed by atoms with Crippen molar-refractivity contribution in [3.05, 3.63) is 23.8 Å². The second kappa shape index (κ2) is 6.61. The fourth-order valence-corrected chi connectivity index (χ4v) is 2.21. The van der Waals surface area contributed by atoms with E-state index in [2.05, 4.69) is 5.32 Å². The van der Waals surface area contributed by atoms with Crippen LogP contribution in [0.15, 0.2) is 18.2 Å². The first-order valence-electron chi connectivity index (χ1n) is 6.48. The first-order valence-corrected chi connectivity index (χ1v) is 6.48. The summed E-state index contributed by atoms with van der Waals surface area (Å²) in [5.74, 6) is 0.736. The smallest absolute Gasteiger partial charge is 0.162 e. The van der Waals surface area contributed by atoms with Crippen molar-refractivity contribution in [3.63, 3.8) is 0 Å². The Balaban J connectivity index is 1.82. The highest BCUT2D eigenvalue weighted by atomic mass is 16.5. The quantitative estimate of drug-likeness (QED) is 0.841. The van der Waals surface area contributed by atoms with E-state index >= 15 is 0 Å². The van der Waals surface area contributed by atoms with Crippen LogP contribution in [0, 0.1) is 0 Å². The second-order valence-electron chi connectivity index (χ2n) is 4.59. The maximum absolute atomic E-state index is 9.93. The Morgan fingerprint density at radius 2 is 2.33 bits per heavy atom. The van der Waals surface area contributed by atoms with Crippen LogP contribution in [0.2, 0.25) is 0 Å². The van der Waals surface area contributed by atoms with Crippen LogP contribution in [0.3, 0.4) is 0 Å². The van der Waals surface area contributed by atoms with Gasteiger partial charge in [-0.25, -0.2) is 0 Å². The molecule has 2 N–H and O–H groups in total. The molecule has 1 atom stereocenters. The highest BCUT2D eigenvalue weighted by Crippen LogP contribution is 2.29. The van der Waals surface area contributed by atoms with Crippen LogP contribution in [-0.4, -0.2) is 31.5 Å². The SMILES string of the molecule is COc1cccc(CNCC2CCCCO2)c1O. The summed E-state index contributed by atoms with van der Waals surface area (Å²) in [5, 5.41) is 13.3. The number of rotatable bonds is 5. The van der Waals surface area contributed by atoms with Crippen molar-refractivity contribution in [2.24, 2.45) is 0 Å². The van der Waals surface area contributed by atoms with Gasteiger partial charge in [0.2, 0.25) is 0 Å². The number of benzene rings is 1. The first kappa shape index (κ1) is 13.2. The van der Waals surface area contributed by atoms with E-state index in [0.717, 1.165) is 25.1 Å². The number of aromatic hydroxyl groups is 1. The molecule has 4 nitrogen and oxygen atoms in total. The Hall–Kier alpha value is -1.26. The Bertz CT molecular complexity index is 375. The zero-order chi connectivity index (χ0) is 12.8. The van der Waals surface area contributed by atoms with Crippen LogP contribution < -0.4 is 10.1 Å². The standard InChI is InChI=1S/C14H21NO3/c1-17-13-7-4-5-11(14(13)16)9-15-10-12-6-2-3-8-18-12/h4-5,7,12,15-16H,2-3,6,8-10H2,1H3.